The molecular formula is C14H18FN3O2. The molecule has 0 aliphatic carbocycles. The fraction of sp³-hybridized carbons (Fsp3) is 0.429. The van der Waals surface area contributed by atoms with Crippen molar-refractivity contribution in [3.63, 3.8) is 0 Å². The molecule has 0 saturated carbocycles. The monoisotopic (exact) mass is 279 g/mol. The van der Waals surface area contributed by atoms with E-state index in [9.17, 15) is 14.0 Å². The Kier molecular flexibility index (Phi) is 4.55. The third-order valence-electron chi connectivity index (χ3n) is 3.31. The summed E-state index contributed by atoms with van der Waals surface area (Å²) in [5.74, 6) is -0.506. The van der Waals surface area contributed by atoms with E-state index in [-0.39, 0.29) is 23.7 Å². The molecule has 0 bridgehead atoms. The average molecular weight is 279 g/mol. The van der Waals surface area contributed by atoms with Gasteiger partial charge in [0.05, 0.1) is 5.69 Å². The van der Waals surface area contributed by atoms with Gasteiger partial charge in [-0.2, -0.15) is 0 Å². The van der Waals surface area contributed by atoms with Crippen LogP contribution in [0.1, 0.15) is 19.8 Å². The normalized spacial score (nSPS) is 15.8. The van der Waals surface area contributed by atoms with E-state index in [1.807, 2.05) is 0 Å². The number of carbonyl (C=O) groups is 2. The summed E-state index contributed by atoms with van der Waals surface area (Å²) in [6, 6.07) is 5.88. The molecule has 1 aliphatic rings. The van der Waals surface area contributed by atoms with Crippen LogP contribution in [0.2, 0.25) is 0 Å². The van der Waals surface area contributed by atoms with Crippen molar-refractivity contribution >= 4 is 17.6 Å². The van der Waals surface area contributed by atoms with Crippen molar-refractivity contribution in [2.45, 2.75) is 25.8 Å². The number of hydrogen-bond donors (Lipinski definition) is 2. The molecule has 2 N–H and O–H groups in total. The van der Waals surface area contributed by atoms with Crippen LogP contribution >= 0.6 is 0 Å². The molecule has 1 aromatic carbocycles. The van der Waals surface area contributed by atoms with Crippen LogP contribution in [-0.4, -0.2) is 36.0 Å². The molecule has 20 heavy (non-hydrogen) atoms. The maximum Gasteiger partial charge on any atom is 0.321 e. The third kappa shape index (κ3) is 3.69. The highest BCUT2D eigenvalue weighted by atomic mass is 19.1. The second-order valence-corrected chi connectivity index (χ2v) is 4.87. The van der Waals surface area contributed by atoms with Gasteiger partial charge in [0.25, 0.3) is 0 Å². The Morgan fingerprint density at radius 1 is 1.25 bits per heavy atom. The zero-order chi connectivity index (χ0) is 14.5. The number of hydrogen-bond acceptors (Lipinski definition) is 2. The second-order valence-electron chi connectivity index (χ2n) is 4.87. The Morgan fingerprint density at radius 2 is 1.90 bits per heavy atom. The van der Waals surface area contributed by atoms with Gasteiger partial charge in [0, 0.05) is 26.1 Å². The SMILES string of the molecule is CC(=O)NC1CCN(C(=O)Nc2ccccc2F)CC1. The molecule has 3 amide bonds. The highest BCUT2D eigenvalue weighted by Crippen LogP contribution is 2.15. The van der Waals surface area contributed by atoms with Crippen molar-refractivity contribution in [2.24, 2.45) is 0 Å². The number of likely N-dealkylation sites (tertiary alicyclic amines) is 1. The van der Waals surface area contributed by atoms with E-state index in [0.717, 1.165) is 0 Å². The zero-order valence-corrected chi connectivity index (χ0v) is 11.4. The van der Waals surface area contributed by atoms with E-state index < -0.39 is 5.82 Å². The predicted molar refractivity (Wildman–Crippen MR) is 73.8 cm³/mol. The minimum absolute atomic E-state index is 0.0562. The molecular weight excluding hydrogens is 261 g/mol. The summed E-state index contributed by atoms with van der Waals surface area (Å²) in [6.45, 7) is 2.58. The standard InChI is InChI=1S/C14H18FN3O2/c1-10(19)16-11-6-8-18(9-7-11)14(20)17-13-5-3-2-4-12(13)15/h2-5,11H,6-9H2,1H3,(H,16,19)(H,17,20). The number of para-hydroxylation sites is 1. The Balaban J connectivity index is 1.86. The lowest BCUT2D eigenvalue weighted by molar-refractivity contribution is -0.119. The summed E-state index contributed by atoms with van der Waals surface area (Å²) in [5.41, 5.74) is 0.182. The van der Waals surface area contributed by atoms with Crippen molar-refractivity contribution in [3.8, 4) is 0 Å². The molecule has 1 heterocycles. The van der Waals surface area contributed by atoms with E-state index in [0.29, 0.717) is 25.9 Å². The van der Waals surface area contributed by atoms with Gasteiger partial charge < -0.3 is 15.5 Å². The summed E-state index contributed by atoms with van der Waals surface area (Å²) >= 11 is 0. The van der Waals surface area contributed by atoms with Crippen LogP contribution in [0, 0.1) is 5.82 Å². The number of nitrogens with one attached hydrogen (secondary N) is 2. The molecule has 1 aromatic rings. The van der Waals surface area contributed by atoms with Crippen LogP contribution in [0.4, 0.5) is 14.9 Å². The van der Waals surface area contributed by atoms with E-state index in [2.05, 4.69) is 10.6 Å². The maximum absolute atomic E-state index is 13.4. The molecule has 0 unspecified atom stereocenters. The molecule has 1 saturated heterocycles. The van der Waals surface area contributed by atoms with Gasteiger partial charge in [-0.05, 0) is 25.0 Å². The Hall–Kier alpha value is -2.11. The van der Waals surface area contributed by atoms with Gasteiger partial charge in [0.15, 0.2) is 0 Å². The first-order valence-corrected chi connectivity index (χ1v) is 6.64. The minimum Gasteiger partial charge on any atom is -0.353 e. The van der Waals surface area contributed by atoms with E-state index in [4.69, 9.17) is 0 Å². The Bertz CT molecular complexity index is 499. The lowest BCUT2D eigenvalue weighted by Crippen LogP contribution is -2.47. The number of nitrogens with zero attached hydrogens (tertiary/aromatic N) is 1. The molecule has 0 atom stereocenters. The quantitative estimate of drug-likeness (QED) is 0.869. The lowest BCUT2D eigenvalue weighted by Gasteiger charge is -2.32. The fourth-order valence-electron chi connectivity index (χ4n) is 2.27. The molecule has 6 heteroatoms. The van der Waals surface area contributed by atoms with Crippen molar-refractivity contribution in [1.82, 2.24) is 10.2 Å². The number of anilines is 1. The van der Waals surface area contributed by atoms with Crippen LogP contribution in [0.15, 0.2) is 24.3 Å². The lowest BCUT2D eigenvalue weighted by atomic mass is 10.1. The smallest absolute Gasteiger partial charge is 0.321 e. The second kappa shape index (κ2) is 6.36. The first-order chi connectivity index (χ1) is 9.56. The number of piperidine rings is 1. The average Bonchev–Trinajstić information content (AvgIpc) is 2.41. The summed E-state index contributed by atoms with van der Waals surface area (Å²) < 4.78 is 13.4. The summed E-state index contributed by atoms with van der Waals surface area (Å²) in [6.07, 6.45) is 1.43. The van der Waals surface area contributed by atoms with E-state index in [1.54, 1.807) is 17.0 Å². The van der Waals surface area contributed by atoms with Gasteiger partial charge in [-0.3, -0.25) is 4.79 Å². The topological polar surface area (TPSA) is 61.4 Å². The Labute approximate surface area is 117 Å². The fourth-order valence-corrected chi connectivity index (χ4v) is 2.27. The predicted octanol–water partition coefficient (Wildman–Crippen LogP) is 1.96. The number of carbonyl (C=O) groups excluding carboxylic acids is 2. The van der Waals surface area contributed by atoms with Gasteiger partial charge in [-0.15, -0.1) is 0 Å². The van der Waals surface area contributed by atoms with Crippen LogP contribution < -0.4 is 10.6 Å². The van der Waals surface area contributed by atoms with Crippen molar-refractivity contribution < 1.29 is 14.0 Å². The van der Waals surface area contributed by atoms with Gasteiger partial charge in [0.2, 0.25) is 5.91 Å². The molecule has 5 nitrogen and oxygen atoms in total. The molecule has 0 aromatic heterocycles. The first kappa shape index (κ1) is 14.3. The van der Waals surface area contributed by atoms with Crippen LogP contribution in [-0.2, 0) is 4.79 Å². The molecule has 0 radical (unpaired) electrons. The zero-order valence-electron chi connectivity index (χ0n) is 11.4. The number of halogens is 1. The number of urea groups is 1. The molecule has 0 spiro atoms. The van der Waals surface area contributed by atoms with Crippen molar-refractivity contribution in [3.05, 3.63) is 30.1 Å². The minimum atomic E-state index is -0.450. The molecule has 1 aliphatic heterocycles. The van der Waals surface area contributed by atoms with Crippen molar-refractivity contribution in [2.75, 3.05) is 18.4 Å². The highest BCUT2D eigenvalue weighted by Gasteiger charge is 2.23. The van der Waals surface area contributed by atoms with Gasteiger partial charge >= 0.3 is 6.03 Å². The number of amides is 3. The maximum atomic E-state index is 13.4. The molecule has 1 fully saturated rings. The number of rotatable bonds is 2. The largest absolute Gasteiger partial charge is 0.353 e. The summed E-state index contributed by atoms with van der Waals surface area (Å²) in [4.78, 5) is 24.6. The van der Waals surface area contributed by atoms with Gasteiger partial charge in [-0.25, -0.2) is 9.18 Å². The third-order valence-corrected chi connectivity index (χ3v) is 3.31. The molecule has 2 rings (SSSR count). The van der Waals surface area contributed by atoms with E-state index >= 15 is 0 Å². The number of benzene rings is 1. The van der Waals surface area contributed by atoms with Crippen LogP contribution in [0.5, 0.6) is 0 Å². The van der Waals surface area contributed by atoms with Crippen LogP contribution in [0.3, 0.4) is 0 Å². The first-order valence-electron chi connectivity index (χ1n) is 6.64. The van der Waals surface area contributed by atoms with Gasteiger partial charge in [0.1, 0.15) is 5.82 Å². The van der Waals surface area contributed by atoms with Gasteiger partial charge in [-0.1, -0.05) is 12.1 Å². The summed E-state index contributed by atoms with van der Waals surface area (Å²) in [5, 5.41) is 5.40. The summed E-state index contributed by atoms with van der Waals surface area (Å²) in [7, 11) is 0. The molecule has 108 valence electrons. The van der Waals surface area contributed by atoms with Crippen molar-refractivity contribution in [1.29, 1.82) is 0 Å². The van der Waals surface area contributed by atoms with Crippen LogP contribution in [0.25, 0.3) is 0 Å². The Morgan fingerprint density at radius 3 is 2.50 bits per heavy atom. The van der Waals surface area contributed by atoms with E-state index in [1.165, 1.54) is 19.1 Å². The highest BCUT2D eigenvalue weighted by molar-refractivity contribution is 5.89.